The lowest BCUT2D eigenvalue weighted by molar-refractivity contribution is -0.151. The van der Waals surface area contributed by atoms with Crippen LogP contribution in [0.25, 0.3) is 0 Å². The number of hydrogen-bond acceptors (Lipinski definition) is 4. The molecule has 110 valence electrons. The molecule has 1 aliphatic carbocycles. The highest BCUT2D eigenvalue weighted by molar-refractivity contribution is 5.82. The lowest BCUT2D eigenvalue weighted by atomic mass is 9.88. The molecule has 19 heavy (non-hydrogen) atoms. The van der Waals surface area contributed by atoms with Gasteiger partial charge in [-0.3, -0.25) is 4.90 Å². The third-order valence-corrected chi connectivity index (χ3v) is 5.00. The molecule has 1 saturated carbocycles. The van der Waals surface area contributed by atoms with Gasteiger partial charge < -0.3 is 10.1 Å². The van der Waals surface area contributed by atoms with Gasteiger partial charge in [0, 0.05) is 12.6 Å². The molecule has 0 aromatic rings. The standard InChI is InChI=1S/C15H28N2O2/c1-11-7-8-17(12(2)9-11)10-15(16-3,13-5-6-13)14(18)19-4/h11-13,16H,5-10H2,1-4H3. The van der Waals surface area contributed by atoms with Crippen LogP contribution in [0.4, 0.5) is 0 Å². The van der Waals surface area contributed by atoms with E-state index in [1.54, 1.807) is 0 Å². The minimum Gasteiger partial charge on any atom is -0.468 e. The first kappa shape index (κ1) is 14.8. The molecule has 0 radical (unpaired) electrons. The Morgan fingerprint density at radius 3 is 2.53 bits per heavy atom. The van der Waals surface area contributed by atoms with Gasteiger partial charge in [0.1, 0.15) is 5.54 Å². The first-order valence-electron chi connectivity index (χ1n) is 7.55. The number of rotatable bonds is 5. The number of piperidine rings is 1. The number of likely N-dealkylation sites (tertiary alicyclic amines) is 1. The van der Waals surface area contributed by atoms with Crippen LogP contribution in [0.1, 0.15) is 39.5 Å². The summed E-state index contributed by atoms with van der Waals surface area (Å²) < 4.78 is 5.08. The number of likely N-dealkylation sites (N-methyl/N-ethyl adjacent to an activating group) is 1. The van der Waals surface area contributed by atoms with Crippen LogP contribution in [0.3, 0.4) is 0 Å². The predicted molar refractivity (Wildman–Crippen MR) is 76.0 cm³/mol. The fourth-order valence-corrected chi connectivity index (χ4v) is 3.51. The summed E-state index contributed by atoms with van der Waals surface area (Å²) in [5, 5.41) is 3.29. The zero-order valence-corrected chi connectivity index (χ0v) is 12.7. The van der Waals surface area contributed by atoms with Gasteiger partial charge in [0.2, 0.25) is 0 Å². The van der Waals surface area contributed by atoms with Crippen LogP contribution in [0, 0.1) is 11.8 Å². The second-order valence-corrected chi connectivity index (χ2v) is 6.44. The molecule has 2 aliphatic rings. The van der Waals surface area contributed by atoms with E-state index in [9.17, 15) is 4.79 Å². The SMILES string of the molecule is CNC(CN1CCC(C)CC1C)(C(=O)OC)C1CC1. The number of nitrogens with zero attached hydrogens (tertiary/aromatic N) is 1. The molecule has 0 amide bonds. The summed E-state index contributed by atoms with van der Waals surface area (Å²) in [6.45, 7) is 6.48. The Hall–Kier alpha value is -0.610. The Labute approximate surface area is 116 Å². The summed E-state index contributed by atoms with van der Waals surface area (Å²) in [7, 11) is 3.39. The fraction of sp³-hybridized carbons (Fsp3) is 0.933. The van der Waals surface area contributed by atoms with E-state index >= 15 is 0 Å². The molecule has 3 unspecified atom stereocenters. The van der Waals surface area contributed by atoms with Crippen molar-refractivity contribution in [2.24, 2.45) is 11.8 Å². The lowest BCUT2D eigenvalue weighted by Gasteiger charge is -2.42. The van der Waals surface area contributed by atoms with Gasteiger partial charge in [0.25, 0.3) is 0 Å². The van der Waals surface area contributed by atoms with Gasteiger partial charge in [-0.1, -0.05) is 6.92 Å². The molecule has 1 aliphatic heterocycles. The van der Waals surface area contributed by atoms with Crippen molar-refractivity contribution in [1.29, 1.82) is 0 Å². The van der Waals surface area contributed by atoms with E-state index in [4.69, 9.17) is 4.74 Å². The molecule has 1 heterocycles. The number of carbonyl (C=O) groups excluding carboxylic acids is 1. The quantitative estimate of drug-likeness (QED) is 0.770. The topological polar surface area (TPSA) is 41.6 Å². The average molecular weight is 268 g/mol. The number of ether oxygens (including phenoxy) is 1. The third-order valence-electron chi connectivity index (χ3n) is 5.00. The monoisotopic (exact) mass is 268 g/mol. The van der Waals surface area contributed by atoms with Crippen LogP contribution >= 0.6 is 0 Å². The van der Waals surface area contributed by atoms with E-state index < -0.39 is 5.54 Å². The molecule has 0 aromatic heterocycles. The second kappa shape index (κ2) is 5.80. The molecule has 1 saturated heterocycles. The van der Waals surface area contributed by atoms with Crippen LogP contribution in [0.5, 0.6) is 0 Å². The lowest BCUT2D eigenvalue weighted by Crippen LogP contribution is -2.62. The molecule has 3 atom stereocenters. The Morgan fingerprint density at radius 2 is 2.05 bits per heavy atom. The molecule has 0 bridgehead atoms. The highest BCUT2D eigenvalue weighted by Gasteiger charge is 2.52. The Balaban J connectivity index is 2.09. The minimum atomic E-state index is -0.496. The van der Waals surface area contributed by atoms with E-state index in [-0.39, 0.29) is 5.97 Å². The predicted octanol–water partition coefficient (Wildman–Crippen LogP) is 1.65. The van der Waals surface area contributed by atoms with Crippen LogP contribution in [0.15, 0.2) is 0 Å². The summed E-state index contributed by atoms with van der Waals surface area (Å²) in [5.74, 6) is 1.15. The van der Waals surface area contributed by atoms with Crippen molar-refractivity contribution in [3.63, 3.8) is 0 Å². The van der Waals surface area contributed by atoms with Gasteiger partial charge in [-0.25, -0.2) is 4.79 Å². The molecule has 0 spiro atoms. The normalized spacial score (nSPS) is 31.8. The van der Waals surface area contributed by atoms with Gasteiger partial charge >= 0.3 is 5.97 Å². The minimum absolute atomic E-state index is 0.0941. The van der Waals surface area contributed by atoms with Crippen LogP contribution < -0.4 is 5.32 Å². The zero-order valence-electron chi connectivity index (χ0n) is 12.7. The van der Waals surface area contributed by atoms with Gasteiger partial charge in [0.15, 0.2) is 0 Å². The molecule has 2 rings (SSSR count). The largest absolute Gasteiger partial charge is 0.468 e. The van der Waals surface area contributed by atoms with Crippen molar-refractivity contribution < 1.29 is 9.53 Å². The summed E-state index contributed by atoms with van der Waals surface area (Å²) in [4.78, 5) is 14.7. The van der Waals surface area contributed by atoms with Gasteiger partial charge in [0.05, 0.1) is 7.11 Å². The van der Waals surface area contributed by atoms with Gasteiger partial charge in [-0.15, -0.1) is 0 Å². The molecule has 4 heteroatoms. The van der Waals surface area contributed by atoms with Gasteiger partial charge in [-0.2, -0.15) is 0 Å². The smallest absolute Gasteiger partial charge is 0.327 e. The number of methoxy groups -OCH3 is 1. The number of carbonyl (C=O) groups is 1. The van der Waals surface area contributed by atoms with Crippen molar-refractivity contribution in [3.05, 3.63) is 0 Å². The maximum atomic E-state index is 12.3. The Morgan fingerprint density at radius 1 is 1.37 bits per heavy atom. The van der Waals surface area contributed by atoms with Crippen LogP contribution in [-0.2, 0) is 9.53 Å². The van der Waals surface area contributed by atoms with Crippen molar-refractivity contribution in [2.45, 2.75) is 51.1 Å². The molecule has 4 nitrogen and oxygen atoms in total. The van der Waals surface area contributed by atoms with Crippen molar-refractivity contribution >= 4 is 5.97 Å². The second-order valence-electron chi connectivity index (χ2n) is 6.44. The Bertz CT molecular complexity index is 330. The Kier molecular flexibility index (Phi) is 4.51. The summed E-state index contributed by atoms with van der Waals surface area (Å²) in [6, 6.07) is 0.555. The number of nitrogens with one attached hydrogen (secondary N) is 1. The highest BCUT2D eigenvalue weighted by atomic mass is 16.5. The maximum absolute atomic E-state index is 12.3. The van der Waals surface area contributed by atoms with Gasteiger partial charge in [-0.05, 0) is 58.0 Å². The van der Waals surface area contributed by atoms with Crippen molar-refractivity contribution in [1.82, 2.24) is 10.2 Å². The first-order chi connectivity index (χ1) is 9.03. The number of hydrogen-bond donors (Lipinski definition) is 1. The summed E-state index contributed by atoms with van der Waals surface area (Å²) >= 11 is 0. The van der Waals surface area contributed by atoms with E-state index in [0.29, 0.717) is 12.0 Å². The summed E-state index contributed by atoms with van der Waals surface area (Å²) in [5.41, 5.74) is -0.496. The molecule has 2 fully saturated rings. The van der Waals surface area contributed by atoms with Crippen molar-refractivity contribution in [3.8, 4) is 0 Å². The molecule has 0 aromatic carbocycles. The molecular weight excluding hydrogens is 240 g/mol. The van der Waals surface area contributed by atoms with E-state index in [1.165, 1.54) is 20.0 Å². The zero-order chi connectivity index (χ0) is 14.0. The highest BCUT2D eigenvalue weighted by Crippen LogP contribution is 2.41. The fourth-order valence-electron chi connectivity index (χ4n) is 3.51. The van der Waals surface area contributed by atoms with E-state index in [0.717, 1.165) is 31.8 Å². The molecular formula is C15H28N2O2. The van der Waals surface area contributed by atoms with Crippen molar-refractivity contribution in [2.75, 3.05) is 27.2 Å². The third kappa shape index (κ3) is 2.95. The van der Waals surface area contributed by atoms with E-state index in [1.807, 2.05) is 7.05 Å². The average Bonchev–Trinajstić information content (AvgIpc) is 3.22. The van der Waals surface area contributed by atoms with E-state index in [2.05, 4.69) is 24.1 Å². The van der Waals surface area contributed by atoms with Crippen LogP contribution in [0.2, 0.25) is 0 Å². The maximum Gasteiger partial charge on any atom is 0.327 e. The first-order valence-corrected chi connectivity index (χ1v) is 7.55. The number of esters is 1. The van der Waals surface area contributed by atoms with Crippen LogP contribution in [-0.4, -0.2) is 49.7 Å². The summed E-state index contributed by atoms with van der Waals surface area (Å²) in [6.07, 6.45) is 4.73. The molecule has 1 N–H and O–H groups in total.